The zero-order valence-corrected chi connectivity index (χ0v) is 28.4. The zero-order valence-electron chi connectivity index (χ0n) is 28.4. The van der Waals surface area contributed by atoms with E-state index in [9.17, 15) is 14.4 Å². The van der Waals surface area contributed by atoms with E-state index in [-0.39, 0.29) is 23.6 Å². The number of nitrogens with zero attached hydrogens (tertiary/aromatic N) is 6. The Hall–Kier alpha value is -4.58. The first kappa shape index (κ1) is 31.7. The van der Waals surface area contributed by atoms with Crippen LogP contribution in [0.4, 0.5) is 5.95 Å². The van der Waals surface area contributed by atoms with Gasteiger partial charge in [-0.15, -0.1) is 0 Å². The van der Waals surface area contributed by atoms with Crippen LogP contribution in [-0.2, 0) is 22.4 Å². The van der Waals surface area contributed by atoms with Gasteiger partial charge in [-0.3, -0.25) is 29.7 Å². The fraction of sp³-hybridized carbons (Fsp3) is 0.514. The average molecular weight is 664 g/mol. The average Bonchev–Trinajstić information content (AvgIpc) is 3.71. The molecule has 1 aliphatic carbocycles. The van der Waals surface area contributed by atoms with Gasteiger partial charge in [-0.1, -0.05) is 19.9 Å². The number of rotatable bonds is 6. The number of nitrogens with one attached hydrogen (secondary N) is 3. The number of imide groups is 1. The first-order valence-corrected chi connectivity index (χ1v) is 17.8. The Labute approximate surface area is 286 Å². The van der Waals surface area contributed by atoms with Crippen LogP contribution < -0.4 is 10.2 Å². The number of H-pyrrole nitrogens is 2. The SMILES string of the molecule is CC1(C)CCc2c(-c3cc4ccc(C(=O)N5CCN(CC6CCN(c7ncc(C8CCC(=O)NC8=O)cn7)CC6)CC5)cc4[nH]3)n[nH]c2C1. The first-order chi connectivity index (χ1) is 23.7. The molecule has 3 aromatic heterocycles. The lowest BCUT2D eigenvalue weighted by Crippen LogP contribution is -2.50. The van der Waals surface area contributed by atoms with Gasteiger partial charge in [0.15, 0.2) is 0 Å². The second kappa shape index (κ2) is 12.7. The van der Waals surface area contributed by atoms with Gasteiger partial charge in [0.1, 0.15) is 5.69 Å². The van der Waals surface area contributed by atoms with Crippen molar-refractivity contribution in [2.24, 2.45) is 11.3 Å². The van der Waals surface area contributed by atoms with Crippen molar-refractivity contribution in [3.8, 4) is 11.4 Å². The van der Waals surface area contributed by atoms with Crippen molar-refractivity contribution >= 4 is 34.6 Å². The molecule has 8 rings (SSSR count). The van der Waals surface area contributed by atoms with Crippen LogP contribution in [0.25, 0.3) is 22.3 Å². The van der Waals surface area contributed by atoms with Crippen LogP contribution >= 0.6 is 0 Å². The summed E-state index contributed by atoms with van der Waals surface area (Å²) < 4.78 is 0. The lowest BCUT2D eigenvalue weighted by Gasteiger charge is -2.39. The predicted molar refractivity (Wildman–Crippen MR) is 186 cm³/mol. The molecule has 256 valence electrons. The van der Waals surface area contributed by atoms with E-state index in [2.05, 4.69) is 60.2 Å². The van der Waals surface area contributed by atoms with E-state index < -0.39 is 0 Å². The lowest BCUT2D eigenvalue weighted by atomic mass is 9.76. The number of anilines is 1. The zero-order chi connectivity index (χ0) is 33.7. The standard InChI is InChI=1S/C37H45N9O3/c1-37(2)10-7-28-31(19-37)42-43-33(28)30-17-24-3-4-25(18-29(24)40-30)35(49)45-15-13-44(14-16-45)22-23-8-11-46(12-9-23)36-38-20-26(21-39-36)27-5-6-32(47)41-34(27)48/h3-4,17-18,20-21,23,27,40H,5-16,19,22H2,1-2H3,(H,42,43)(H,41,47,48). The summed E-state index contributed by atoms with van der Waals surface area (Å²) in [5.74, 6) is 0.533. The molecule has 3 N–H and O–H groups in total. The number of benzene rings is 1. The molecule has 0 radical (unpaired) electrons. The molecule has 3 aliphatic heterocycles. The normalized spacial score (nSPS) is 22.0. The Morgan fingerprint density at radius 1 is 0.959 bits per heavy atom. The molecule has 6 heterocycles. The minimum Gasteiger partial charge on any atom is -0.353 e. The molecule has 49 heavy (non-hydrogen) atoms. The summed E-state index contributed by atoms with van der Waals surface area (Å²) in [6, 6.07) is 8.15. The third-order valence-corrected chi connectivity index (χ3v) is 11.2. The molecule has 4 aliphatic rings. The van der Waals surface area contributed by atoms with Gasteiger partial charge in [0, 0.05) is 97.9 Å². The summed E-state index contributed by atoms with van der Waals surface area (Å²) in [5.41, 5.74) is 7.32. The summed E-state index contributed by atoms with van der Waals surface area (Å²) >= 11 is 0. The minimum absolute atomic E-state index is 0.0917. The van der Waals surface area contributed by atoms with Crippen LogP contribution in [0.2, 0.25) is 0 Å². The molecule has 3 fully saturated rings. The van der Waals surface area contributed by atoms with Crippen LogP contribution in [0.5, 0.6) is 0 Å². The van der Waals surface area contributed by atoms with Crippen LogP contribution in [0.3, 0.4) is 0 Å². The van der Waals surface area contributed by atoms with Crippen molar-refractivity contribution in [2.75, 3.05) is 50.7 Å². The van der Waals surface area contributed by atoms with Gasteiger partial charge in [0.05, 0.1) is 11.6 Å². The number of hydrogen-bond acceptors (Lipinski definition) is 8. The van der Waals surface area contributed by atoms with Crippen LogP contribution in [0, 0.1) is 11.3 Å². The number of piperazine rings is 1. The summed E-state index contributed by atoms with van der Waals surface area (Å²) in [7, 11) is 0. The molecular formula is C37H45N9O3. The smallest absolute Gasteiger partial charge is 0.254 e. The molecular weight excluding hydrogens is 618 g/mol. The van der Waals surface area contributed by atoms with Crippen molar-refractivity contribution in [1.82, 2.24) is 40.3 Å². The summed E-state index contributed by atoms with van der Waals surface area (Å²) in [4.78, 5) is 56.6. The molecule has 3 amide bonds. The highest BCUT2D eigenvalue weighted by Gasteiger charge is 2.31. The van der Waals surface area contributed by atoms with E-state index in [4.69, 9.17) is 0 Å². The number of aromatic amines is 2. The van der Waals surface area contributed by atoms with Crippen molar-refractivity contribution in [3.63, 3.8) is 0 Å². The molecule has 0 spiro atoms. The summed E-state index contributed by atoms with van der Waals surface area (Å²) in [6.45, 7) is 10.7. The van der Waals surface area contributed by atoms with Gasteiger partial charge in [0.2, 0.25) is 17.8 Å². The number of hydrogen-bond donors (Lipinski definition) is 3. The van der Waals surface area contributed by atoms with Crippen molar-refractivity contribution in [2.45, 2.75) is 64.7 Å². The van der Waals surface area contributed by atoms with Crippen molar-refractivity contribution in [3.05, 3.63) is 59.0 Å². The van der Waals surface area contributed by atoms with E-state index >= 15 is 0 Å². The highest BCUT2D eigenvalue weighted by molar-refractivity contribution is 6.01. The van der Waals surface area contributed by atoms with Crippen LogP contribution in [0.1, 0.15) is 79.0 Å². The van der Waals surface area contributed by atoms with Crippen molar-refractivity contribution < 1.29 is 14.4 Å². The topological polar surface area (TPSA) is 143 Å². The summed E-state index contributed by atoms with van der Waals surface area (Å²) in [6.07, 6.45) is 9.63. The van der Waals surface area contributed by atoms with Gasteiger partial charge in [-0.2, -0.15) is 5.10 Å². The van der Waals surface area contributed by atoms with Gasteiger partial charge >= 0.3 is 0 Å². The number of fused-ring (bicyclic) bond motifs is 2. The second-order valence-electron chi connectivity index (χ2n) is 15.2. The second-order valence-corrected chi connectivity index (χ2v) is 15.2. The fourth-order valence-corrected chi connectivity index (χ4v) is 8.14. The van der Waals surface area contributed by atoms with E-state index in [1.807, 2.05) is 23.1 Å². The molecule has 12 heteroatoms. The molecule has 4 aromatic rings. The monoisotopic (exact) mass is 663 g/mol. The van der Waals surface area contributed by atoms with E-state index in [1.54, 1.807) is 12.4 Å². The Balaban J connectivity index is 0.820. The number of carbonyl (C=O) groups excluding carboxylic acids is 3. The quantitative estimate of drug-likeness (QED) is 0.262. The van der Waals surface area contributed by atoms with E-state index in [0.29, 0.717) is 30.1 Å². The molecule has 12 nitrogen and oxygen atoms in total. The van der Waals surface area contributed by atoms with Gasteiger partial charge in [-0.05, 0) is 68.1 Å². The summed E-state index contributed by atoms with van der Waals surface area (Å²) in [5, 5.41) is 11.5. The Morgan fingerprint density at radius 2 is 1.73 bits per heavy atom. The maximum Gasteiger partial charge on any atom is 0.254 e. The maximum absolute atomic E-state index is 13.6. The number of piperidine rings is 2. The van der Waals surface area contributed by atoms with Gasteiger partial charge in [-0.25, -0.2) is 9.97 Å². The van der Waals surface area contributed by atoms with E-state index in [1.165, 1.54) is 11.3 Å². The molecule has 1 atom stereocenters. The molecule has 3 saturated heterocycles. The molecule has 1 unspecified atom stereocenters. The van der Waals surface area contributed by atoms with Crippen LogP contribution in [0.15, 0.2) is 36.7 Å². The van der Waals surface area contributed by atoms with E-state index in [0.717, 1.165) is 111 Å². The lowest BCUT2D eigenvalue weighted by molar-refractivity contribution is -0.134. The largest absolute Gasteiger partial charge is 0.353 e. The van der Waals surface area contributed by atoms with Crippen molar-refractivity contribution in [1.29, 1.82) is 0 Å². The van der Waals surface area contributed by atoms with Gasteiger partial charge < -0.3 is 14.8 Å². The Morgan fingerprint density at radius 3 is 2.49 bits per heavy atom. The number of carbonyl (C=O) groups is 3. The molecule has 0 saturated carbocycles. The van der Waals surface area contributed by atoms with Gasteiger partial charge in [0.25, 0.3) is 5.91 Å². The highest BCUT2D eigenvalue weighted by Crippen LogP contribution is 2.38. The third kappa shape index (κ3) is 6.46. The maximum atomic E-state index is 13.6. The Kier molecular flexibility index (Phi) is 8.21. The first-order valence-electron chi connectivity index (χ1n) is 17.8. The fourth-order valence-electron chi connectivity index (χ4n) is 8.14. The van der Waals surface area contributed by atoms with Crippen LogP contribution in [-0.4, -0.2) is 98.5 Å². The third-order valence-electron chi connectivity index (χ3n) is 11.2. The predicted octanol–water partition coefficient (Wildman–Crippen LogP) is 4.06. The minimum atomic E-state index is -0.365. The Bertz CT molecular complexity index is 1880. The molecule has 0 bridgehead atoms. The molecule has 1 aromatic carbocycles. The number of amides is 3. The highest BCUT2D eigenvalue weighted by atomic mass is 16.2. The number of aromatic nitrogens is 5.